The van der Waals surface area contributed by atoms with Crippen molar-refractivity contribution in [3.63, 3.8) is 0 Å². The highest BCUT2D eigenvalue weighted by atomic mass is 35.5. The van der Waals surface area contributed by atoms with E-state index >= 15 is 0 Å². The van der Waals surface area contributed by atoms with Gasteiger partial charge in [0.2, 0.25) is 0 Å². The van der Waals surface area contributed by atoms with Crippen LogP contribution in [0.1, 0.15) is 18.1 Å². The molecule has 0 amide bonds. The Bertz CT molecular complexity index is 624. The van der Waals surface area contributed by atoms with Crippen molar-refractivity contribution in [2.75, 3.05) is 33.8 Å². The van der Waals surface area contributed by atoms with Crippen molar-refractivity contribution in [3.05, 3.63) is 64.7 Å². The molecule has 0 aliphatic heterocycles. The summed E-state index contributed by atoms with van der Waals surface area (Å²) in [5.41, 5.74) is 2.38. The van der Waals surface area contributed by atoms with Crippen molar-refractivity contribution in [1.29, 1.82) is 0 Å². The van der Waals surface area contributed by atoms with Crippen molar-refractivity contribution >= 4 is 36.4 Å². The number of hydrogen-bond donors (Lipinski definition) is 0. The lowest BCUT2D eigenvalue weighted by molar-refractivity contribution is 0.208. The summed E-state index contributed by atoms with van der Waals surface area (Å²) in [5.74, 6) is 0.881. The van der Waals surface area contributed by atoms with Gasteiger partial charge in [-0.15, -0.1) is 24.8 Å². The van der Waals surface area contributed by atoms with Crippen LogP contribution in [-0.4, -0.2) is 43.6 Å². The largest absolute Gasteiger partial charge is 0.492 e. The van der Waals surface area contributed by atoms with Gasteiger partial charge >= 0.3 is 0 Å². The summed E-state index contributed by atoms with van der Waals surface area (Å²) in [6.45, 7) is 6.44. The van der Waals surface area contributed by atoms with Crippen LogP contribution in [0.15, 0.2) is 48.5 Å². The molecule has 0 spiro atoms. The molecule has 0 atom stereocenters. The average Bonchev–Trinajstić information content (AvgIpc) is 2.57. The molecule has 0 N–H and O–H groups in total. The third-order valence-electron chi connectivity index (χ3n) is 3.91. The Kier molecular flexibility index (Phi) is 12.7. The van der Waals surface area contributed by atoms with E-state index in [9.17, 15) is 0 Å². The maximum absolute atomic E-state index is 6.33. The fourth-order valence-electron chi connectivity index (χ4n) is 2.62. The first-order valence-electron chi connectivity index (χ1n) is 8.41. The standard InChI is InChI=1S/C20H27ClN2O.2ClH/c1-4-23(15-17-9-6-5-7-10-17)13-14-24-20-12-8-11-19(21)18(20)16-22(2)3;;/h5-12H,4,13-16H2,1-3H3;2*1H. The monoisotopic (exact) mass is 418 g/mol. The zero-order chi connectivity index (χ0) is 17.4. The molecule has 6 heteroatoms. The van der Waals surface area contributed by atoms with Crippen LogP contribution >= 0.6 is 36.4 Å². The van der Waals surface area contributed by atoms with E-state index in [1.54, 1.807) is 0 Å². The summed E-state index contributed by atoms with van der Waals surface area (Å²) in [7, 11) is 4.07. The van der Waals surface area contributed by atoms with Crippen molar-refractivity contribution in [2.24, 2.45) is 0 Å². The first-order valence-corrected chi connectivity index (χ1v) is 8.79. The smallest absolute Gasteiger partial charge is 0.125 e. The highest BCUT2D eigenvalue weighted by Gasteiger charge is 2.10. The molecule has 3 nitrogen and oxygen atoms in total. The fraction of sp³-hybridized carbons (Fsp3) is 0.400. The Balaban J connectivity index is 0.00000312. The molecule has 0 aliphatic rings. The second-order valence-corrected chi connectivity index (χ2v) is 6.56. The van der Waals surface area contributed by atoms with E-state index < -0.39 is 0 Å². The number of rotatable bonds is 9. The number of halogens is 3. The van der Waals surface area contributed by atoms with Crippen LogP contribution in [0.4, 0.5) is 0 Å². The molecule has 2 rings (SSSR count). The van der Waals surface area contributed by atoms with Gasteiger partial charge in [-0.05, 0) is 38.3 Å². The van der Waals surface area contributed by atoms with E-state index in [1.807, 2.05) is 38.4 Å². The molecule has 0 unspecified atom stereocenters. The Hall–Kier alpha value is -0.970. The highest BCUT2D eigenvalue weighted by Crippen LogP contribution is 2.27. The predicted molar refractivity (Wildman–Crippen MR) is 116 cm³/mol. The second-order valence-electron chi connectivity index (χ2n) is 6.16. The molecule has 146 valence electrons. The van der Waals surface area contributed by atoms with Gasteiger partial charge in [0, 0.05) is 30.2 Å². The first-order chi connectivity index (χ1) is 11.6. The normalized spacial score (nSPS) is 10.4. The first kappa shape index (κ1) is 25.0. The van der Waals surface area contributed by atoms with Crippen LogP contribution in [0, 0.1) is 0 Å². The van der Waals surface area contributed by atoms with Crippen molar-refractivity contribution in [1.82, 2.24) is 9.80 Å². The summed E-state index contributed by atoms with van der Waals surface area (Å²) in [4.78, 5) is 4.48. The minimum Gasteiger partial charge on any atom is -0.492 e. The number of hydrogen-bond acceptors (Lipinski definition) is 3. The molecule has 2 aromatic rings. The van der Waals surface area contributed by atoms with Gasteiger partial charge in [0.25, 0.3) is 0 Å². The minimum absolute atomic E-state index is 0. The van der Waals surface area contributed by atoms with Crippen LogP contribution in [0.3, 0.4) is 0 Å². The summed E-state index contributed by atoms with van der Waals surface area (Å²) < 4.78 is 6.04. The quantitative estimate of drug-likeness (QED) is 0.559. The van der Waals surface area contributed by atoms with E-state index in [-0.39, 0.29) is 24.8 Å². The average molecular weight is 420 g/mol. The van der Waals surface area contributed by atoms with E-state index in [2.05, 4.69) is 41.0 Å². The van der Waals surface area contributed by atoms with Crippen LogP contribution in [0.25, 0.3) is 0 Å². The van der Waals surface area contributed by atoms with E-state index in [0.717, 1.165) is 42.5 Å². The van der Waals surface area contributed by atoms with Gasteiger partial charge in [0.15, 0.2) is 0 Å². The molecule has 26 heavy (non-hydrogen) atoms. The van der Waals surface area contributed by atoms with Crippen LogP contribution in [-0.2, 0) is 13.1 Å². The van der Waals surface area contributed by atoms with Crippen LogP contribution in [0.2, 0.25) is 5.02 Å². The van der Waals surface area contributed by atoms with Gasteiger partial charge in [-0.3, -0.25) is 4.90 Å². The SMILES string of the molecule is CCN(CCOc1cccc(Cl)c1CN(C)C)Cc1ccccc1.Cl.Cl. The Morgan fingerprint density at radius 1 is 0.923 bits per heavy atom. The summed E-state index contributed by atoms with van der Waals surface area (Å²) in [6.07, 6.45) is 0. The Labute approximate surface area is 175 Å². The molecule has 0 bridgehead atoms. The van der Waals surface area contributed by atoms with E-state index in [0.29, 0.717) is 6.61 Å². The van der Waals surface area contributed by atoms with Gasteiger partial charge in [-0.2, -0.15) is 0 Å². The molecular formula is C20H29Cl3N2O. The molecule has 0 heterocycles. The molecule has 0 saturated heterocycles. The minimum atomic E-state index is 0. The van der Waals surface area contributed by atoms with Gasteiger partial charge in [-0.1, -0.05) is 54.9 Å². The molecule has 0 aliphatic carbocycles. The number of ether oxygens (including phenoxy) is 1. The van der Waals surface area contributed by atoms with Gasteiger partial charge in [0.05, 0.1) is 0 Å². The highest BCUT2D eigenvalue weighted by molar-refractivity contribution is 6.31. The molecule has 0 fully saturated rings. The molecule has 0 radical (unpaired) electrons. The number of benzene rings is 2. The third-order valence-corrected chi connectivity index (χ3v) is 4.27. The lowest BCUT2D eigenvalue weighted by atomic mass is 10.2. The van der Waals surface area contributed by atoms with Crippen molar-refractivity contribution in [3.8, 4) is 5.75 Å². The van der Waals surface area contributed by atoms with E-state index in [4.69, 9.17) is 16.3 Å². The second kappa shape index (κ2) is 13.2. The zero-order valence-electron chi connectivity index (χ0n) is 15.7. The summed E-state index contributed by atoms with van der Waals surface area (Å²) >= 11 is 6.33. The summed E-state index contributed by atoms with van der Waals surface area (Å²) in [5, 5.41) is 0.762. The van der Waals surface area contributed by atoms with E-state index in [1.165, 1.54) is 5.56 Å². The topological polar surface area (TPSA) is 15.7 Å². The maximum atomic E-state index is 6.33. The van der Waals surface area contributed by atoms with Gasteiger partial charge in [0.1, 0.15) is 12.4 Å². The Morgan fingerprint density at radius 3 is 2.23 bits per heavy atom. The number of nitrogens with zero attached hydrogens (tertiary/aromatic N) is 2. The molecular weight excluding hydrogens is 391 g/mol. The van der Waals surface area contributed by atoms with Gasteiger partial charge < -0.3 is 9.64 Å². The van der Waals surface area contributed by atoms with Crippen molar-refractivity contribution in [2.45, 2.75) is 20.0 Å². The zero-order valence-corrected chi connectivity index (χ0v) is 18.0. The Morgan fingerprint density at radius 2 is 1.62 bits per heavy atom. The lowest BCUT2D eigenvalue weighted by Crippen LogP contribution is -2.28. The summed E-state index contributed by atoms with van der Waals surface area (Å²) in [6, 6.07) is 16.4. The van der Waals surface area contributed by atoms with Crippen LogP contribution < -0.4 is 4.74 Å². The molecule has 0 aromatic heterocycles. The maximum Gasteiger partial charge on any atom is 0.125 e. The third kappa shape index (κ3) is 8.15. The lowest BCUT2D eigenvalue weighted by Gasteiger charge is -2.22. The number of likely N-dealkylation sites (N-methyl/N-ethyl adjacent to an activating group) is 1. The fourth-order valence-corrected chi connectivity index (χ4v) is 2.84. The van der Waals surface area contributed by atoms with Gasteiger partial charge in [-0.25, -0.2) is 0 Å². The predicted octanol–water partition coefficient (Wildman–Crippen LogP) is 5.15. The molecule has 0 saturated carbocycles. The molecule has 2 aromatic carbocycles. The van der Waals surface area contributed by atoms with Crippen molar-refractivity contribution < 1.29 is 4.74 Å². The van der Waals surface area contributed by atoms with Crippen LogP contribution in [0.5, 0.6) is 5.75 Å².